The number of likely N-dealkylation sites (tertiary alicyclic amines) is 1. The monoisotopic (exact) mass is 247 g/mol. The number of hydrogen-bond donors (Lipinski definition) is 1. The van der Waals surface area contributed by atoms with Crippen LogP contribution in [-0.2, 0) is 11.3 Å². The molecular formula is C14H17NO3. The second-order valence-corrected chi connectivity index (χ2v) is 5.15. The van der Waals surface area contributed by atoms with Crippen molar-refractivity contribution >= 4 is 6.09 Å². The average molecular weight is 247 g/mol. The van der Waals surface area contributed by atoms with Crippen molar-refractivity contribution in [2.45, 2.75) is 31.6 Å². The minimum atomic E-state index is -0.252. The maximum absolute atomic E-state index is 11.9. The molecule has 1 saturated heterocycles. The van der Waals surface area contributed by atoms with Gasteiger partial charge in [0.1, 0.15) is 6.61 Å². The molecule has 1 N–H and O–H groups in total. The second-order valence-electron chi connectivity index (χ2n) is 5.15. The fourth-order valence-corrected chi connectivity index (χ4v) is 2.95. The normalized spacial score (nSPS) is 29.6. The molecule has 1 aromatic rings. The van der Waals surface area contributed by atoms with Crippen molar-refractivity contribution in [3.8, 4) is 0 Å². The van der Waals surface area contributed by atoms with E-state index in [1.807, 2.05) is 30.3 Å². The molecule has 0 unspecified atom stereocenters. The van der Waals surface area contributed by atoms with Crippen LogP contribution in [0.4, 0.5) is 4.79 Å². The molecule has 1 aromatic carbocycles. The van der Waals surface area contributed by atoms with Crippen molar-refractivity contribution in [3.05, 3.63) is 35.9 Å². The van der Waals surface area contributed by atoms with Gasteiger partial charge in [-0.1, -0.05) is 30.3 Å². The lowest BCUT2D eigenvalue weighted by molar-refractivity contribution is 0.0517. The van der Waals surface area contributed by atoms with Gasteiger partial charge in [-0.05, 0) is 18.4 Å². The van der Waals surface area contributed by atoms with Crippen LogP contribution in [0.25, 0.3) is 0 Å². The summed E-state index contributed by atoms with van der Waals surface area (Å²) < 4.78 is 5.31. The zero-order valence-electron chi connectivity index (χ0n) is 10.2. The first-order valence-electron chi connectivity index (χ1n) is 6.39. The number of carbonyl (C=O) groups is 1. The first-order valence-corrected chi connectivity index (χ1v) is 6.39. The van der Waals surface area contributed by atoms with Crippen LogP contribution in [0.1, 0.15) is 18.4 Å². The van der Waals surface area contributed by atoms with Gasteiger partial charge < -0.3 is 14.7 Å². The Morgan fingerprint density at radius 1 is 1.33 bits per heavy atom. The highest BCUT2D eigenvalue weighted by Gasteiger charge is 2.46. The predicted octanol–water partition coefficient (Wildman–Crippen LogP) is 1.78. The second kappa shape index (κ2) is 4.61. The molecule has 4 heteroatoms. The van der Waals surface area contributed by atoms with E-state index in [0.717, 1.165) is 12.0 Å². The lowest BCUT2D eigenvalue weighted by atomic mass is 10.1. The number of aliphatic hydroxyl groups excluding tert-OH is 1. The van der Waals surface area contributed by atoms with Crippen LogP contribution in [0.2, 0.25) is 0 Å². The van der Waals surface area contributed by atoms with Gasteiger partial charge in [0.25, 0.3) is 0 Å². The number of piperidine rings is 1. The number of fused-ring (bicyclic) bond motifs is 2. The van der Waals surface area contributed by atoms with Gasteiger partial charge in [-0.15, -0.1) is 0 Å². The van der Waals surface area contributed by atoms with E-state index in [-0.39, 0.29) is 24.2 Å². The van der Waals surface area contributed by atoms with E-state index in [2.05, 4.69) is 0 Å². The molecular weight excluding hydrogens is 230 g/mol. The van der Waals surface area contributed by atoms with E-state index in [0.29, 0.717) is 19.6 Å². The van der Waals surface area contributed by atoms with Crippen LogP contribution in [0.3, 0.4) is 0 Å². The summed E-state index contributed by atoms with van der Waals surface area (Å²) in [6.45, 7) is 0.954. The van der Waals surface area contributed by atoms with Gasteiger partial charge >= 0.3 is 6.09 Å². The highest BCUT2D eigenvalue weighted by atomic mass is 16.6. The molecule has 3 rings (SSSR count). The molecule has 0 spiro atoms. The van der Waals surface area contributed by atoms with Crippen LogP contribution in [0.5, 0.6) is 0 Å². The van der Waals surface area contributed by atoms with Gasteiger partial charge in [0.2, 0.25) is 0 Å². The van der Waals surface area contributed by atoms with Gasteiger partial charge in [0.05, 0.1) is 6.10 Å². The largest absolute Gasteiger partial charge is 0.445 e. The van der Waals surface area contributed by atoms with Gasteiger partial charge in [-0.2, -0.15) is 0 Å². The Morgan fingerprint density at radius 2 is 2.11 bits per heavy atom. The Kier molecular flexibility index (Phi) is 2.96. The van der Waals surface area contributed by atoms with Crippen molar-refractivity contribution < 1.29 is 14.6 Å². The molecule has 1 aliphatic carbocycles. The van der Waals surface area contributed by atoms with Crippen molar-refractivity contribution in [2.24, 2.45) is 5.92 Å². The molecule has 4 nitrogen and oxygen atoms in total. The Hall–Kier alpha value is -1.55. The molecule has 96 valence electrons. The van der Waals surface area contributed by atoms with Crippen LogP contribution in [0.15, 0.2) is 30.3 Å². The van der Waals surface area contributed by atoms with E-state index in [1.165, 1.54) is 0 Å². The maximum atomic E-state index is 11.9. The first kappa shape index (κ1) is 11.5. The van der Waals surface area contributed by atoms with Crippen LogP contribution in [0, 0.1) is 5.92 Å². The minimum absolute atomic E-state index is 0.174. The van der Waals surface area contributed by atoms with Gasteiger partial charge in [-0.3, -0.25) is 0 Å². The molecule has 0 radical (unpaired) electrons. The Morgan fingerprint density at radius 3 is 2.72 bits per heavy atom. The maximum Gasteiger partial charge on any atom is 0.410 e. The zero-order valence-corrected chi connectivity index (χ0v) is 10.2. The molecule has 1 amide bonds. The number of hydrogen-bond acceptors (Lipinski definition) is 3. The fraction of sp³-hybridized carbons (Fsp3) is 0.500. The third kappa shape index (κ3) is 2.08. The summed E-state index contributed by atoms with van der Waals surface area (Å²) in [5.74, 6) is 0.249. The number of ether oxygens (including phenoxy) is 1. The third-order valence-electron chi connectivity index (χ3n) is 3.94. The Bertz CT molecular complexity index is 432. The van der Waals surface area contributed by atoms with Gasteiger partial charge in [0, 0.05) is 18.5 Å². The van der Waals surface area contributed by atoms with Crippen molar-refractivity contribution in [3.63, 3.8) is 0 Å². The van der Waals surface area contributed by atoms with Crippen LogP contribution >= 0.6 is 0 Å². The van der Waals surface area contributed by atoms with Crippen molar-refractivity contribution in [1.29, 1.82) is 0 Å². The van der Waals surface area contributed by atoms with Crippen molar-refractivity contribution in [1.82, 2.24) is 4.90 Å². The number of benzene rings is 1. The summed E-state index contributed by atoms with van der Waals surface area (Å²) >= 11 is 0. The predicted molar refractivity (Wildman–Crippen MR) is 65.9 cm³/mol. The number of amides is 1. The number of carbonyl (C=O) groups excluding carboxylic acids is 1. The highest BCUT2D eigenvalue weighted by Crippen LogP contribution is 2.37. The molecule has 1 heterocycles. The smallest absolute Gasteiger partial charge is 0.410 e. The van der Waals surface area contributed by atoms with E-state index >= 15 is 0 Å². The SMILES string of the molecule is O=C(OCc1ccccc1)N1C[C@H]2C[C@@H]1C[C@H]2O. The van der Waals surface area contributed by atoms with E-state index in [9.17, 15) is 9.90 Å². The summed E-state index contributed by atoms with van der Waals surface area (Å²) in [7, 11) is 0. The van der Waals surface area contributed by atoms with Crippen LogP contribution in [-0.4, -0.2) is 34.8 Å². The third-order valence-corrected chi connectivity index (χ3v) is 3.94. The summed E-state index contributed by atoms with van der Waals surface area (Å²) in [4.78, 5) is 13.7. The Balaban J connectivity index is 1.54. The van der Waals surface area contributed by atoms with Crippen LogP contribution < -0.4 is 0 Å². The molecule has 2 aliphatic rings. The lowest BCUT2D eigenvalue weighted by Crippen LogP contribution is -2.41. The lowest BCUT2D eigenvalue weighted by Gasteiger charge is -2.28. The summed E-state index contributed by atoms with van der Waals surface area (Å²) in [5.41, 5.74) is 0.996. The zero-order chi connectivity index (χ0) is 12.5. The topological polar surface area (TPSA) is 49.8 Å². The van der Waals surface area contributed by atoms with E-state index in [1.54, 1.807) is 4.90 Å². The van der Waals surface area contributed by atoms with Gasteiger partial charge in [0.15, 0.2) is 0 Å². The van der Waals surface area contributed by atoms with E-state index < -0.39 is 0 Å². The number of nitrogens with zero attached hydrogens (tertiary/aromatic N) is 1. The minimum Gasteiger partial charge on any atom is -0.445 e. The quantitative estimate of drug-likeness (QED) is 0.866. The molecule has 1 aliphatic heterocycles. The molecule has 18 heavy (non-hydrogen) atoms. The standard InChI is InChI=1S/C14H17NO3/c16-13-7-12-6-11(13)8-15(12)14(17)18-9-10-4-2-1-3-5-10/h1-5,11-13,16H,6-9H2/t11-,12-,13-/m1/s1. The van der Waals surface area contributed by atoms with Crippen molar-refractivity contribution in [2.75, 3.05) is 6.54 Å². The average Bonchev–Trinajstić information content (AvgIpc) is 2.96. The van der Waals surface area contributed by atoms with Gasteiger partial charge in [-0.25, -0.2) is 4.79 Å². The molecule has 3 atom stereocenters. The summed E-state index contributed by atoms with van der Waals surface area (Å²) in [6.07, 6.45) is 1.14. The number of rotatable bonds is 2. The van der Waals surface area contributed by atoms with E-state index in [4.69, 9.17) is 4.74 Å². The fourth-order valence-electron chi connectivity index (χ4n) is 2.95. The number of aliphatic hydroxyl groups is 1. The molecule has 2 fully saturated rings. The molecule has 2 bridgehead atoms. The highest BCUT2D eigenvalue weighted by molar-refractivity contribution is 5.68. The first-order chi connectivity index (χ1) is 8.74. The molecule has 0 aromatic heterocycles. The summed E-state index contributed by atoms with van der Waals surface area (Å²) in [6, 6.07) is 9.84. The summed E-state index contributed by atoms with van der Waals surface area (Å²) in [5, 5.41) is 9.65. The molecule has 1 saturated carbocycles. The Labute approximate surface area is 106 Å².